The Bertz CT molecular complexity index is 974. The van der Waals surface area contributed by atoms with Crippen LogP contribution in [0.5, 0.6) is 11.5 Å². The molecule has 144 valence electrons. The van der Waals surface area contributed by atoms with Crippen LogP contribution in [0.25, 0.3) is 0 Å². The smallest absolute Gasteiger partial charge is 0.335 e. The van der Waals surface area contributed by atoms with Gasteiger partial charge >= 0.3 is 5.97 Å². The second-order valence-electron chi connectivity index (χ2n) is 6.10. The summed E-state index contributed by atoms with van der Waals surface area (Å²) in [4.78, 5) is 11.2. The highest BCUT2D eigenvalue weighted by Crippen LogP contribution is 2.28. The third-order valence-electron chi connectivity index (χ3n) is 4.17. The number of aromatic carboxylic acids is 1. The number of methoxy groups -OCH3 is 1. The molecule has 0 amide bonds. The minimum absolute atomic E-state index is 0.189. The molecular formula is C22H20ClNO4. The molecule has 6 heteroatoms. The maximum Gasteiger partial charge on any atom is 0.335 e. The van der Waals surface area contributed by atoms with Crippen LogP contribution in [0.15, 0.2) is 66.7 Å². The van der Waals surface area contributed by atoms with E-state index >= 15 is 0 Å². The van der Waals surface area contributed by atoms with Crippen LogP contribution in [0.4, 0.5) is 5.69 Å². The molecule has 0 aliphatic rings. The average molecular weight is 398 g/mol. The first-order chi connectivity index (χ1) is 13.6. The molecule has 0 atom stereocenters. The molecule has 3 rings (SSSR count). The van der Waals surface area contributed by atoms with Crippen LogP contribution in [0, 0.1) is 0 Å². The van der Waals surface area contributed by atoms with Crippen molar-refractivity contribution in [1.82, 2.24) is 0 Å². The number of ether oxygens (including phenoxy) is 2. The fourth-order valence-corrected chi connectivity index (χ4v) is 2.96. The number of carboxylic acids is 1. The fraction of sp³-hybridized carbons (Fsp3) is 0.136. The minimum atomic E-state index is -0.990. The topological polar surface area (TPSA) is 67.8 Å². The van der Waals surface area contributed by atoms with Gasteiger partial charge in [0.15, 0.2) is 0 Å². The van der Waals surface area contributed by atoms with Crippen LogP contribution in [0.2, 0.25) is 5.02 Å². The van der Waals surface area contributed by atoms with Gasteiger partial charge in [-0.3, -0.25) is 0 Å². The van der Waals surface area contributed by atoms with Crippen molar-refractivity contribution >= 4 is 23.3 Å². The summed E-state index contributed by atoms with van der Waals surface area (Å²) in [6.07, 6.45) is 0. The van der Waals surface area contributed by atoms with Gasteiger partial charge in [-0.25, -0.2) is 4.79 Å². The molecule has 2 N–H and O–H groups in total. The molecule has 0 heterocycles. The predicted octanol–water partition coefficient (Wildman–Crippen LogP) is 5.24. The van der Waals surface area contributed by atoms with E-state index in [2.05, 4.69) is 5.32 Å². The van der Waals surface area contributed by atoms with Gasteiger partial charge in [-0.2, -0.15) is 0 Å². The molecule has 0 spiro atoms. The van der Waals surface area contributed by atoms with Crippen LogP contribution >= 0.6 is 11.6 Å². The number of nitrogens with one attached hydrogen (secondary N) is 1. The zero-order chi connectivity index (χ0) is 19.9. The van der Waals surface area contributed by atoms with Crippen molar-refractivity contribution in [3.8, 4) is 11.5 Å². The summed E-state index contributed by atoms with van der Waals surface area (Å²) in [6, 6.07) is 19.9. The van der Waals surface area contributed by atoms with Crippen molar-refractivity contribution in [3.63, 3.8) is 0 Å². The number of halogens is 1. The first kappa shape index (κ1) is 19.6. The lowest BCUT2D eigenvalue weighted by Gasteiger charge is -2.15. The number of hydrogen-bond acceptors (Lipinski definition) is 4. The molecule has 0 aliphatic carbocycles. The summed E-state index contributed by atoms with van der Waals surface area (Å²) in [5.74, 6) is 0.321. The quantitative estimate of drug-likeness (QED) is 0.544. The molecule has 3 aromatic rings. The van der Waals surface area contributed by atoms with E-state index in [-0.39, 0.29) is 5.56 Å². The van der Waals surface area contributed by atoms with Gasteiger partial charge in [-0.05, 0) is 42.0 Å². The molecule has 3 aromatic carbocycles. The van der Waals surface area contributed by atoms with E-state index in [1.807, 2.05) is 48.5 Å². The van der Waals surface area contributed by atoms with Gasteiger partial charge in [0.25, 0.3) is 0 Å². The second-order valence-corrected chi connectivity index (χ2v) is 6.54. The third-order valence-corrected chi connectivity index (χ3v) is 4.41. The van der Waals surface area contributed by atoms with E-state index in [1.54, 1.807) is 19.2 Å². The average Bonchev–Trinajstić information content (AvgIpc) is 2.71. The summed E-state index contributed by atoms with van der Waals surface area (Å²) in [7, 11) is 1.54. The lowest BCUT2D eigenvalue weighted by atomic mass is 10.1. The summed E-state index contributed by atoms with van der Waals surface area (Å²) < 4.78 is 11.3. The standard InChI is InChI=1S/C22H20ClNO4/c1-27-21-10-9-16(22(25)26)12-19(21)24-13-17-6-2-3-8-20(17)28-14-15-5-4-7-18(23)11-15/h2-12,24H,13-14H2,1H3,(H,25,26). The molecule has 0 saturated heterocycles. The fourth-order valence-electron chi connectivity index (χ4n) is 2.75. The van der Waals surface area contributed by atoms with Crippen LogP contribution in [-0.4, -0.2) is 18.2 Å². The molecule has 0 saturated carbocycles. The summed E-state index contributed by atoms with van der Waals surface area (Å²) >= 11 is 6.02. The molecule has 0 unspecified atom stereocenters. The second kappa shape index (κ2) is 9.15. The zero-order valence-corrected chi connectivity index (χ0v) is 16.1. The van der Waals surface area contributed by atoms with Gasteiger partial charge in [0.2, 0.25) is 0 Å². The highest BCUT2D eigenvalue weighted by atomic mass is 35.5. The molecular weight excluding hydrogens is 378 g/mol. The highest BCUT2D eigenvalue weighted by molar-refractivity contribution is 6.30. The number of benzene rings is 3. The Balaban J connectivity index is 1.73. The van der Waals surface area contributed by atoms with Crippen LogP contribution in [-0.2, 0) is 13.2 Å². The monoisotopic (exact) mass is 397 g/mol. The molecule has 0 fully saturated rings. The number of hydrogen-bond donors (Lipinski definition) is 2. The Morgan fingerprint density at radius 2 is 1.86 bits per heavy atom. The first-order valence-corrected chi connectivity index (χ1v) is 9.05. The molecule has 0 aliphatic heterocycles. The first-order valence-electron chi connectivity index (χ1n) is 8.67. The van der Waals surface area contributed by atoms with Crippen molar-refractivity contribution in [2.24, 2.45) is 0 Å². The molecule has 5 nitrogen and oxygen atoms in total. The SMILES string of the molecule is COc1ccc(C(=O)O)cc1NCc1ccccc1OCc1cccc(Cl)c1. The van der Waals surface area contributed by atoms with Gasteiger partial charge in [0.1, 0.15) is 18.1 Å². The Kier molecular flexibility index (Phi) is 6.40. The number of carbonyl (C=O) groups is 1. The zero-order valence-electron chi connectivity index (χ0n) is 15.3. The van der Waals surface area contributed by atoms with Gasteiger partial charge in [-0.15, -0.1) is 0 Å². The number of rotatable bonds is 8. The van der Waals surface area contributed by atoms with Crippen LogP contribution in [0.3, 0.4) is 0 Å². The highest BCUT2D eigenvalue weighted by Gasteiger charge is 2.10. The molecule has 0 aromatic heterocycles. The van der Waals surface area contributed by atoms with E-state index in [0.717, 1.165) is 16.9 Å². The summed E-state index contributed by atoms with van der Waals surface area (Å²) in [5, 5.41) is 13.1. The Morgan fingerprint density at radius 1 is 1.04 bits per heavy atom. The van der Waals surface area contributed by atoms with Gasteiger partial charge in [-0.1, -0.05) is 41.9 Å². The van der Waals surface area contributed by atoms with Gasteiger partial charge in [0.05, 0.1) is 18.4 Å². The number of carboxylic acid groups (broad SMARTS) is 1. The lowest BCUT2D eigenvalue weighted by Crippen LogP contribution is -2.06. The maximum atomic E-state index is 11.2. The third kappa shape index (κ3) is 4.96. The number of anilines is 1. The van der Waals surface area contributed by atoms with Crippen molar-refractivity contribution in [1.29, 1.82) is 0 Å². The van der Waals surface area contributed by atoms with Crippen molar-refractivity contribution in [2.75, 3.05) is 12.4 Å². The van der Waals surface area contributed by atoms with E-state index < -0.39 is 5.97 Å². The molecule has 0 radical (unpaired) electrons. The Morgan fingerprint density at radius 3 is 2.61 bits per heavy atom. The predicted molar refractivity (Wildman–Crippen MR) is 110 cm³/mol. The van der Waals surface area contributed by atoms with E-state index in [4.69, 9.17) is 21.1 Å². The lowest BCUT2D eigenvalue weighted by molar-refractivity contribution is 0.0697. The summed E-state index contributed by atoms with van der Waals surface area (Å²) in [6.45, 7) is 0.848. The Labute approximate surface area is 168 Å². The van der Waals surface area contributed by atoms with E-state index in [9.17, 15) is 9.90 Å². The number of para-hydroxylation sites is 1. The molecule has 0 bridgehead atoms. The Hall–Kier alpha value is -3.18. The maximum absolute atomic E-state index is 11.2. The van der Waals surface area contributed by atoms with Crippen molar-refractivity contribution < 1.29 is 19.4 Å². The normalized spacial score (nSPS) is 10.4. The largest absolute Gasteiger partial charge is 0.495 e. The van der Waals surface area contributed by atoms with Crippen molar-refractivity contribution in [2.45, 2.75) is 13.2 Å². The minimum Gasteiger partial charge on any atom is -0.495 e. The summed E-state index contributed by atoms with van der Waals surface area (Å²) in [5.41, 5.74) is 2.71. The van der Waals surface area contributed by atoms with E-state index in [0.29, 0.717) is 29.6 Å². The van der Waals surface area contributed by atoms with E-state index in [1.165, 1.54) is 6.07 Å². The van der Waals surface area contributed by atoms with Gasteiger partial charge < -0.3 is 19.9 Å². The van der Waals surface area contributed by atoms with Gasteiger partial charge in [0, 0.05) is 17.1 Å². The van der Waals surface area contributed by atoms with Crippen LogP contribution in [0.1, 0.15) is 21.5 Å². The van der Waals surface area contributed by atoms with Crippen molar-refractivity contribution in [3.05, 3.63) is 88.4 Å². The molecule has 28 heavy (non-hydrogen) atoms. The van der Waals surface area contributed by atoms with Crippen LogP contribution < -0.4 is 14.8 Å².